The lowest BCUT2D eigenvalue weighted by Gasteiger charge is -2.10. The highest BCUT2D eigenvalue weighted by molar-refractivity contribution is 9.10. The van der Waals surface area contributed by atoms with Crippen LogP contribution in [-0.4, -0.2) is 16.5 Å². The number of halogens is 3. The molecule has 21 heavy (non-hydrogen) atoms. The molecule has 0 aliphatic rings. The first-order valence-corrected chi connectivity index (χ1v) is 7.37. The van der Waals surface area contributed by atoms with Gasteiger partial charge in [0.05, 0.1) is 9.50 Å². The van der Waals surface area contributed by atoms with Crippen molar-refractivity contribution in [2.24, 2.45) is 0 Å². The van der Waals surface area contributed by atoms with Crippen molar-refractivity contribution in [2.75, 3.05) is 17.6 Å². The number of benzene rings is 1. The second-order valence-corrected chi connectivity index (χ2v) is 5.44. The van der Waals surface area contributed by atoms with Gasteiger partial charge in [-0.15, -0.1) is 0 Å². The maximum absolute atomic E-state index is 13.5. The number of nitrogens with zero attached hydrogens (tertiary/aromatic N) is 2. The third kappa shape index (κ3) is 4.18. The first kappa shape index (κ1) is 15.8. The second-order valence-electron chi connectivity index (χ2n) is 4.18. The molecule has 8 heteroatoms. The van der Waals surface area contributed by atoms with Crippen LogP contribution in [0.15, 0.2) is 22.7 Å². The van der Waals surface area contributed by atoms with Gasteiger partial charge in [-0.3, -0.25) is 0 Å². The molecular weight excluding hydrogens is 363 g/mol. The minimum Gasteiger partial charge on any atom is -0.437 e. The van der Waals surface area contributed by atoms with E-state index in [2.05, 4.69) is 31.2 Å². The first-order valence-electron chi connectivity index (χ1n) is 6.20. The van der Waals surface area contributed by atoms with Gasteiger partial charge in [-0.05, 0) is 28.4 Å². The van der Waals surface area contributed by atoms with Crippen LogP contribution in [0, 0.1) is 5.82 Å². The van der Waals surface area contributed by atoms with Gasteiger partial charge in [0.25, 0.3) is 0 Å². The standard InChI is InChI=1S/C13H13BrClFN4O/c1-2-3-18-11-6-12(20-13(17)19-11)21-10-5-9(16)8(15)4-7(10)14/h4-6H,2-3H2,1H3,(H3,17,18,19,20). The number of rotatable bonds is 5. The molecule has 0 atom stereocenters. The van der Waals surface area contributed by atoms with Gasteiger partial charge in [-0.25, -0.2) is 4.39 Å². The van der Waals surface area contributed by atoms with Crippen LogP contribution in [0.3, 0.4) is 0 Å². The molecule has 0 fully saturated rings. The highest BCUT2D eigenvalue weighted by atomic mass is 79.9. The minimum absolute atomic E-state index is 0.00160. The zero-order valence-corrected chi connectivity index (χ0v) is 13.5. The number of anilines is 2. The highest BCUT2D eigenvalue weighted by Crippen LogP contribution is 2.33. The van der Waals surface area contributed by atoms with Gasteiger partial charge in [0.2, 0.25) is 11.8 Å². The van der Waals surface area contributed by atoms with E-state index in [1.54, 1.807) is 6.07 Å². The molecule has 0 saturated heterocycles. The van der Waals surface area contributed by atoms with Crippen molar-refractivity contribution in [3.8, 4) is 11.6 Å². The highest BCUT2D eigenvalue weighted by Gasteiger charge is 2.11. The lowest BCUT2D eigenvalue weighted by atomic mass is 10.3. The van der Waals surface area contributed by atoms with E-state index in [1.807, 2.05) is 6.92 Å². The summed E-state index contributed by atoms with van der Waals surface area (Å²) >= 11 is 8.93. The lowest BCUT2D eigenvalue weighted by molar-refractivity contribution is 0.455. The van der Waals surface area contributed by atoms with Crippen LogP contribution in [0.25, 0.3) is 0 Å². The Balaban J connectivity index is 2.27. The molecule has 2 aromatic rings. The second kappa shape index (κ2) is 6.91. The van der Waals surface area contributed by atoms with E-state index in [-0.39, 0.29) is 22.6 Å². The molecule has 1 aromatic heterocycles. The number of aromatic nitrogens is 2. The Kier molecular flexibility index (Phi) is 5.19. The minimum atomic E-state index is -0.582. The van der Waals surface area contributed by atoms with Gasteiger partial charge >= 0.3 is 0 Å². The summed E-state index contributed by atoms with van der Waals surface area (Å²) in [5.41, 5.74) is 5.63. The van der Waals surface area contributed by atoms with E-state index in [9.17, 15) is 4.39 Å². The van der Waals surface area contributed by atoms with Gasteiger partial charge in [-0.1, -0.05) is 18.5 Å². The number of ether oxygens (including phenoxy) is 1. The fraction of sp³-hybridized carbons (Fsp3) is 0.231. The van der Waals surface area contributed by atoms with Crippen molar-refractivity contribution in [1.29, 1.82) is 0 Å². The van der Waals surface area contributed by atoms with Crippen LogP contribution >= 0.6 is 27.5 Å². The Hall–Kier alpha value is -1.60. The van der Waals surface area contributed by atoms with Crippen LogP contribution in [0.4, 0.5) is 16.2 Å². The summed E-state index contributed by atoms with van der Waals surface area (Å²) in [6, 6.07) is 4.17. The SMILES string of the molecule is CCCNc1cc(Oc2cc(F)c(Cl)cc2Br)nc(N)n1. The first-order chi connectivity index (χ1) is 9.99. The molecule has 2 rings (SSSR count). The number of nitrogen functional groups attached to an aromatic ring is 1. The van der Waals surface area contributed by atoms with Crippen molar-refractivity contribution in [3.63, 3.8) is 0 Å². The smallest absolute Gasteiger partial charge is 0.226 e. The Morgan fingerprint density at radius 2 is 2.14 bits per heavy atom. The van der Waals surface area contributed by atoms with Gasteiger partial charge in [0, 0.05) is 18.7 Å². The largest absolute Gasteiger partial charge is 0.437 e. The van der Waals surface area contributed by atoms with Crippen LogP contribution in [0.5, 0.6) is 11.6 Å². The third-order valence-electron chi connectivity index (χ3n) is 2.47. The van der Waals surface area contributed by atoms with Crippen LogP contribution in [-0.2, 0) is 0 Å². The van der Waals surface area contributed by atoms with Crippen molar-refractivity contribution in [1.82, 2.24) is 9.97 Å². The fourth-order valence-electron chi connectivity index (χ4n) is 1.53. The lowest BCUT2D eigenvalue weighted by Crippen LogP contribution is -2.05. The summed E-state index contributed by atoms with van der Waals surface area (Å²) in [6.07, 6.45) is 0.939. The Bertz CT molecular complexity index is 656. The van der Waals surface area contributed by atoms with Crippen molar-refractivity contribution in [3.05, 3.63) is 33.5 Å². The van der Waals surface area contributed by atoms with Gasteiger partial charge in [0.1, 0.15) is 17.4 Å². The number of hydrogen-bond acceptors (Lipinski definition) is 5. The maximum atomic E-state index is 13.5. The molecule has 112 valence electrons. The maximum Gasteiger partial charge on any atom is 0.226 e. The van der Waals surface area contributed by atoms with Gasteiger partial charge < -0.3 is 15.8 Å². The average Bonchev–Trinajstić information content (AvgIpc) is 2.42. The number of nitrogens with one attached hydrogen (secondary N) is 1. The summed E-state index contributed by atoms with van der Waals surface area (Å²) in [5, 5.41) is 3.08. The van der Waals surface area contributed by atoms with Crippen LogP contribution < -0.4 is 15.8 Å². The quantitative estimate of drug-likeness (QED) is 0.765. The number of hydrogen-bond donors (Lipinski definition) is 2. The summed E-state index contributed by atoms with van der Waals surface area (Å²) in [6.45, 7) is 2.78. The summed E-state index contributed by atoms with van der Waals surface area (Å²) in [7, 11) is 0. The fourth-order valence-corrected chi connectivity index (χ4v) is 2.25. The zero-order valence-electron chi connectivity index (χ0n) is 11.2. The monoisotopic (exact) mass is 374 g/mol. The molecule has 0 spiro atoms. The van der Waals surface area contributed by atoms with Crippen LogP contribution in [0.2, 0.25) is 5.02 Å². The predicted octanol–water partition coefficient (Wildman–Crippen LogP) is 4.23. The molecular formula is C13H13BrClFN4O. The van der Waals surface area contributed by atoms with E-state index in [1.165, 1.54) is 12.1 Å². The molecule has 3 N–H and O–H groups in total. The molecule has 0 aliphatic heterocycles. The third-order valence-corrected chi connectivity index (χ3v) is 3.37. The van der Waals surface area contributed by atoms with Gasteiger partial charge in [-0.2, -0.15) is 9.97 Å². The zero-order chi connectivity index (χ0) is 15.4. The summed E-state index contributed by atoms with van der Waals surface area (Å²) in [4.78, 5) is 7.99. The van der Waals surface area contributed by atoms with E-state index < -0.39 is 5.82 Å². The molecule has 0 aliphatic carbocycles. The average molecular weight is 376 g/mol. The summed E-state index contributed by atoms with van der Waals surface area (Å²) < 4.78 is 19.5. The van der Waals surface area contributed by atoms with Crippen LogP contribution in [0.1, 0.15) is 13.3 Å². The Labute approximate surface area is 134 Å². The van der Waals surface area contributed by atoms with E-state index in [4.69, 9.17) is 22.1 Å². The van der Waals surface area contributed by atoms with E-state index >= 15 is 0 Å². The van der Waals surface area contributed by atoms with Crippen molar-refractivity contribution in [2.45, 2.75) is 13.3 Å². The molecule has 0 saturated carbocycles. The van der Waals surface area contributed by atoms with Gasteiger partial charge in [0.15, 0.2) is 0 Å². The molecule has 5 nitrogen and oxygen atoms in total. The van der Waals surface area contributed by atoms with E-state index in [0.717, 1.165) is 13.0 Å². The Morgan fingerprint density at radius 3 is 2.86 bits per heavy atom. The van der Waals surface area contributed by atoms with Crippen molar-refractivity contribution >= 4 is 39.3 Å². The molecule has 0 radical (unpaired) electrons. The molecule has 1 heterocycles. The molecule has 0 unspecified atom stereocenters. The molecule has 0 bridgehead atoms. The predicted molar refractivity (Wildman–Crippen MR) is 84.4 cm³/mol. The van der Waals surface area contributed by atoms with Crippen molar-refractivity contribution < 1.29 is 9.13 Å². The molecule has 1 aromatic carbocycles. The summed E-state index contributed by atoms with van der Waals surface area (Å²) in [5.74, 6) is 0.489. The Morgan fingerprint density at radius 1 is 1.38 bits per heavy atom. The normalized spacial score (nSPS) is 10.5. The number of nitrogens with two attached hydrogens (primary N) is 1. The topological polar surface area (TPSA) is 73.1 Å². The molecule has 0 amide bonds. The van der Waals surface area contributed by atoms with E-state index in [0.29, 0.717) is 10.3 Å².